The van der Waals surface area contributed by atoms with Crippen LogP contribution in [0.3, 0.4) is 0 Å². The second-order valence-corrected chi connectivity index (χ2v) is 5.52. The van der Waals surface area contributed by atoms with E-state index in [1.165, 1.54) is 5.56 Å². The van der Waals surface area contributed by atoms with E-state index in [4.69, 9.17) is 4.99 Å². The van der Waals surface area contributed by atoms with Gasteiger partial charge < -0.3 is 10.6 Å². The molecule has 0 bridgehead atoms. The third kappa shape index (κ3) is 4.34. The Morgan fingerprint density at radius 1 is 1.13 bits per heavy atom. The van der Waals surface area contributed by atoms with E-state index in [-0.39, 0.29) is 0 Å². The predicted molar refractivity (Wildman–Crippen MR) is 96.1 cm³/mol. The first-order valence-electron chi connectivity index (χ1n) is 8.30. The molecule has 0 radical (unpaired) electrons. The largest absolute Gasteiger partial charge is 0.357 e. The van der Waals surface area contributed by atoms with E-state index in [0.29, 0.717) is 6.54 Å². The number of aryl methyl sites for hydroxylation is 1. The zero-order valence-electron chi connectivity index (χ0n) is 14.6. The number of nitrogens with zero attached hydrogens (tertiary/aromatic N) is 3. The van der Waals surface area contributed by atoms with Gasteiger partial charge in [-0.1, -0.05) is 25.1 Å². The van der Waals surface area contributed by atoms with E-state index in [1.54, 1.807) is 0 Å². The first-order chi connectivity index (χ1) is 11.2. The maximum atomic E-state index is 4.69. The van der Waals surface area contributed by atoms with Gasteiger partial charge in [-0.25, -0.2) is 9.67 Å². The summed E-state index contributed by atoms with van der Waals surface area (Å²) in [6, 6.07) is 10.2. The molecule has 2 N–H and O–H groups in total. The Bertz CT molecular complexity index is 643. The lowest BCUT2D eigenvalue weighted by Gasteiger charge is -2.10. The fourth-order valence-electron chi connectivity index (χ4n) is 2.47. The second kappa shape index (κ2) is 8.36. The van der Waals surface area contributed by atoms with E-state index < -0.39 is 0 Å². The van der Waals surface area contributed by atoms with E-state index in [2.05, 4.69) is 48.6 Å². The molecule has 2 rings (SSSR count). The van der Waals surface area contributed by atoms with Gasteiger partial charge in [0.15, 0.2) is 5.96 Å². The van der Waals surface area contributed by atoms with Crippen LogP contribution >= 0.6 is 0 Å². The molecule has 0 unspecified atom stereocenters. The molecule has 2 aromatic rings. The molecule has 124 valence electrons. The molecule has 0 aliphatic rings. The summed E-state index contributed by atoms with van der Waals surface area (Å²) in [5, 5.41) is 11.3. The van der Waals surface area contributed by atoms with Gasteiger partial charge in [-0.2, -0.15) is 5.10 Å². The van der Waals surface area contributed by atoms with Crippen molar-refractivity contribution in [1.29, 1.82) is 0 Å². The average Bonchev–Trinajstić information content (AvgIpc) is 2.85. The summed E-state index contributed by atoms with van der Waals surface area (Å²) in [4.78, 5) is 4.69. The van der Waals surface area contributed by atoms with Crippen LogP contribution in [0.4, 0.5) is 0 Å². The van der Waals surface area contributed by atoms with Crippen LogP contribution in [0.25, 0.3) is 5.69 Å². The zero-order valence-corrected chi connectivity index (χ0v) is 14.6. The van der Waals surface area contributed by atoms with Gasteiger partial charge in [0.1, 0.15) is 0 Å². The fraction of sp³-hybridized carbons (Fsp3) is 0.444. The monoisotopic (exact) mass is 313 g/mol. The van der Waals surface area contributed by atoms with Crippen molar-refractivity contribution in [2.45, 2.75) is 40.7 Å². The van der Waals surface area contributed by atoms with Crippen molar-refractivity contribution in [1.82, 2.24) is 20.4 Å². The molecule has 5 nitrogen and oxygen atoms in total. The Hall–Kier alpha value is -2.30. The lowest BCUT2D eigenvalue weighted by Crippen LogP contribution is -2.37. The van der Waals surface area contributed by atoms with Gasteiger partial charge in [-0.15, -0.1) is 0 Å². The molecule has 23 heavy (non-hydrogen) atoms. The molecule has 0 amide bonds. The quantitative estimate of drug-likeness (QED) is 0.637. The Kier molecular flexibility index (Phi) is 6.20. The van der Waals surface area contributed by atoms with Crippen LogP contribution in [-0.2, 0) is 6.54 Å². The molecule has 1 heterocycles. The van der Waals surface area contributed by atoms with E-state index >= 15 is 0 Å². The normalized spacial score (nSPS) is 11.6. The smallest absolute Gasteiger partial charge is 0.191 e. The minimum absolute atomic E-state index is 0.629. The zero-order chi connectivity index (χ0) is 16.7. The van der Waals surface area contributed by atoms with Crippen LogP contribution in [0, 0.1) is 13.8 Å². The summed E-state index contributed by atoms with van der Waals surface area (Å²) in [6.45, 7) is 10.8. The number of hydrogen-bond acceptors (Lipinski definition) is 2. The number of hydrogen-bond donors (Lipinski definition) is 2. The van der Waals surface area contributed by atoms with Crippen LogP contribution < -0.4 is 10.6 Å². The van der Waals surface area contributed by atoms with E-state index in [0.717, 1.165) is 42.5 Å². The SMILES string of the molecule is CCCNC(=NCc1c(C)nn(-c2ccccc2)c1C)NCC. The maximum Gasteiger partial charge on any atom is 0.191 e. The summed E-state index contributed by atoms with van der Waals surface area (Å²) in [6.07, 6.45) is 1.08. The Morgan fingerprint density at radius 2 is 1.87 bits per heavy atom. The van der Waals surface area contributed by atoms with Gasteiger partial charge in [0.2, 0.25) is 0 Å². The highest BCUT2D eigenvalue weighted by molar-refractivity contribution is 5.79. The summed E-state index contributed by atoms with van der Waals surface area (Å²) in [5.41, 5.74) is 4.44. The highest BCUT2D eigenvalue weighted by Gasteiger charge is 2.12. The Morgan fingerprint density at radius 3 is 2.52 bits per heavy atom. The average molecular weight is 313 g/mol. The molecule has 0 fully saturated rings. The number of benzene rings is 1. The number of nitrogens with one attached hydrogen (secondary N) is 2. The van der Waals surface area contributed by atoms with Gasteiger partial charge in [0.05, 0.1) is 17.9 Å². The van der Waals surface area contributed by atoms with Gasteiger partial charge in [-0.3, -0.25) is 0 Å². The third-order valence-electron chi connectivity index (χ3n) is 3.72. The molecule has 0 spiro atoms. The Labute approximate surface area is 138 Å². The molecule has 1 aromatic carbocycles. The van der Waals surface area contributed by atoms with Crippen molar-refractivity contribution in [3.63, 3.8) is 0 Å². The van der Waals surface area contributed by atoms with Gasteiger partial charge in [0.25, 0.3) is 0 Å². The molecule has 0 saturated carbocycles. The minimum Gasteiger partial charge on any atom is -0.357 e. The van der Waals surface area contributed by atoms with Crippen molar-refractivity contribution in [3.8, 4) is 5.69 Å². The third-order valence-corrected chi connectivity index (χ3v) is 3.72. The molecule has 0 atom stereocenters. The molecular formula is C18H27N5. The molecular weight excluding hydrogens is 286 g/mol. The molecule has 5 heteroatoms. The van der Waals surface area contributed by atoms with Crippen LogP contribution in [0.15, 0.2) is 35.3 Å². The number of rotatable bonds is 6. The standard InChI is InChI=1S/C18H27N5/c1-5-12-20-18(19-6-2)21-13-17-14(3)22-23(15(17)4)16-10-8-7-9-11-16/h7-11H,5-6,12-13H2,1-4H3,(H2,19,20,21). The van der Waals surface area contributed by atoms with Crippen LogP contribution in [0.1, 0.15) is 37.2 Å². The molecule has 1 aromatic heterocycles. The molecule has 0 aliphatic heterocycles. The minimum atomic E-state index is 0.629. The topological polar surface area (TPSA) is 54.2 Å². The van der Waals surface area contributed by atoms with Crippen LogP contribution in [0.5, 0.6) is 0 Å². The van der Waals surface area contributed by atoms with Crippen molar-refractivity contribution < 1.29 is 0 Å². The van der Waals surface area contributed by atoms with Crippen molar-refractivity contribution >= 4 is 5.96 Å². The van der Waals surface area contributed by atoms with E-state index in [9.17, 15) is 0 Å². The summed E-state index contributed by atoms with van der Waals surface area (Å²) < 4.78 is 1.99. The molecule has 0 aliphatic carbocycles. The van der Waals surface area contributed by atoms with Gasteiger partial charge in [0, 0.05) is 24.3 Å². The predicted octanol–water partition coefficient (Wildman–Crippen LogP) is 2.95. The lowest BCUT2D eigenvalue weighted by molar-refractivity contribution is 0.784. The number of aromatic nitrogens is 2. The first-order valence-corrected chi connectivity index (χ1v) is 8.30. The number of aliphatic imine (C=N–C) groups is 1. The summed E-state index contributed by atoms with van der Waals surface area (Å²) in [7, 11) is 0. The number of guanidine groups is 1. The molecule has 0 saturated heterocycles. The van der Waals surface area contributed by atoms with Crippen LogP contribution in [0.2, 0.25) is 0 Å². The van der Waals surface area contributed by atoms with Crippen molar-refractivity contribution in [3.05, 3.63) is 47.3 Å². The number of para-hydroxylation sites is 1. The fourth-order valence-corrected chi connectivity index (χ4v) is 2.47. The highest BCUT2D eigenvalue weighted by Crippen LogP contribution is 2.18. The van der Waals surface area contributed by atoms with Gasteiger partial charge in [-0.05, 0) is 39.3 Å². The highest BCUT2D eigenvalue weighted by atomic mass is 15.3. The summed E-state index contributed by atoms with van der Waals surface area (Å²) >= 11 is 0. The lowest BCUT2D eigenvalue weighted by atomic mass is 10.2. The maximum absolute atomic E-state index is 4.69. The van der Waals surface area contributed by atoms with Crippen molar-refractivity contribution in [2.75, 3.05) is 13.1 Å². The van der Waals surface area contributed by atoms with Gasteiger partial charge >= 0.3 is 0 Å². The van der Waals surface area contributed by atoms with Crippen molar-refractivity contribution in [2.24, 2.45) is 4.99 Å². The first kappa shape index (κ1) is 17.1. The second-order valence-electron chi connectivity index (χ2n) is 5.52. The summed E-state index contributed by atoms with van der Waals surface area (Å²) in [5.74, 6) is 0.862. The van der Waals surface area contributed by atoms with Crippen LogP contribution in [-0.4, -0.2) is 28.8 Å². The van der Waals surface area contributed by atoms with E-state index in [1.807, 2.05) is 29.8 Å². The Balaban J connectivity index is 2.21.